The molecule has 0 saturated carbocycles. The van der Waals surface area contributed by atoms with Gasteiger partial charge in [-0.15, -0.1) is 0 Å². The molecule has 0 heterocycles. The Labute approximate surface area is 134 Å². The summed E-state index contributed by atoms with van der Waals surface area (Å²) >= 11 is 0. The molecule has 0 unspecified atom stereocenters. The Bertz CT molecular complexity index is 312. The third-order valence-electron chi connectivity index (χ3n) is 4.11. The van der Waals surface area contributed by atoms with Gasteiger partial charge >= 0.3 is 0 Å². The van der Waals surface area contributed by atoms with Crippen LogP contribution in [0.1, 0.15) is 88.5 Å². The Morgan fingerprint density at radius 2 is 1.14 bits per heavy atom. The lowest BCUT2D eigenvalue weighted by molar-refractivity contribution is 0.135. The summed E-state index contributed by atoms with van der Waals surface area (Å²) in [5, 5.41) is 7.34. The Balaban J connectivity index is 4.79. The average Bonchev–Trinajstić information content (AvgIpc) is 2.08. The minimum Gasteiger partial charge on any atom is -0.315 e. The van der Waals surface area contributed by atoms with Crippen molar-refractivity contribution in [1.82, 2.24) is 10.6 Å². The van der Waals surface area contributed by atoms with Gasteiger partial charge in [0.1, 0.15) is 0 Å². The molecule has 0 amide bonds. The lowest BCUT2D eigenvalue weighted by Gasteiger charge is -2.44. The van der Waals surface area contributed by atoms with Gasteiger partial charge in [-0.25, -0.2) is 0 Å². The van der Waals surface area contributed by atoms with E-state index in [9.17, 15) is 0 Å². The molecular formula is C19H42N2. The lowest BCUT2D eigenvalue weighted by atomic mass is 9.72. The second-order valence-electron chi connectivity index (χ2n) is 10.1. The SMILES string of the molecule is CNC(C)(C)CC(C)(C)CC(C)(C)NC(C)(C)CC(C)C. The fraction of sp³-hybridized carbons (Fsp3) is 1.00. The molecular weight excluding hydrogens is 256 g/mol. The molecule has 0 saturated heterocycles. The van der Waals surface area contributed by atoms with Gasteiger partial charge in [0.2, 0.25) is 0 Å². The van der Waals surface area contributed by atoms with E-state index in [0.717, 1.165) is 5.92 Å². The van der Waals surface area contributed by atoms with Crippen LogP contribution in [0.4, 0.5) is 0 Å². The molecule has 0 aromatic carbocycles. The molecule has 128 valence electrons. The molecule has 0 rings (SSSR count). The molecule has 0 radical (unpaired) electrons. The summed E-state index contributed by atoms with van der Waals surface area (Å²) < 4.78 is 0. The van der Waals surface area contributed by atoms with Crippen LogP contribution >= 0.6 is 0 Å². The molecule has 21 heavy (non-hydrogen) atoms. The molecule has 0 aliphatic heterocycles. The van der Waals surface area contributed by atoms with Crippen LogP contribution in [0.5, 0.6) is 0 Å². The van der Waals surface area contributed by atoms with Crippen molar-refractivity contribution in [2.75, 3.05) is 7.05 Å². The van der Waals surface area contributed by atoms with Gasteiger partial charge in [-0.2, -0.15) is 0 Å². The standard InChI is InChI=1S/C19H42N2/c1-15(2)12-17(5,6)21-19(9,10)14-16(3,4)13-18(7,8)20-11/h15,20-21H,12-14H2,1-11H3. The minimum atomic E-state index is 0.145. The number of rotatable bonds is 9. The van der Waals surface area contributed by atoms with Gasteiger partial charge in [-0.3, -0.25) is 0 Å². The van der Waals surface area contributed by atoms with Crippen molar-refractivity contribution in [3.63, 3.8) is 0 Å². The zero-order chi connectivity index (χ0) is 17.1. The Morgan fingerprint density at radius 3 is 1.52 bits per heavy atom. The maximum atomic E-state index is 3.90. The molecule has 0 aliphatic rings. The van der Waals surface area contributed by atoms with Gasteiger partial charge in [-0.1, -0.05) is 27.7 Å². The summed E-state index contributed by atoms with van der Waals surface area (Å²) in [5.41, 5.74) is 0.821. The first-order chi connectivity index (χ1) is 9.10. The van der Waals surface area contributed by atoms with Crippen LogP contribution in [0.25, 0.3) is 0 Å². The van der Waals surface area contributed by atoms with E-state index in [1.165, 1.54) is 19.3 Å². The fourth-order valence-corrected chi connectivity index (χ4v) is 4.58. The van der Waals surface area contributed by atoms with Crippen LogP contribution in [0.3, 0.4) is 0 Å². The van der Waals surface area contributed by atoms with Crippen molar-refractivity contribution in [2.24, 2.45) is 11.3 Å². The largest absolute Gasteiger partial charge is 0.315 e. The highest BCUT2D eigenvalue weighted by Crippen LogP contribution is 2.36. The molecule has 0 atom stereocenters. The first kappa shape index (κ1) is 20.9. The molecule has 2 N–H and O–H groups in total. The van der Waals surface area contributed by atoms with E-state index in [1.807, 2.05) is 0 Å². The van der Waals surface area contributed by atoms with E-state index < -0.39 is 0 Å². The molecule has 0 spiro atoms. The highest BCUT2D eigenvalue weighted by atomic mass is 15.0. The van der Waals surface area contributed by atoms with Gasteiger partial charge in [0.15, 0.2) is 0 Å². The third kappa shape index (κ3) is 9.52. The molecule has 2 nitrogen and oxygen atoms in total. The Kier molecular flexibility index (Phi) is 6.97. The summed E-state index contributed by atoms with van der Waals surface area (Å²) in [7, 11) is 2.06. The average molecular weight is 299 g/mol. The lowest BCUT2D eigenvalue weighted by Crippen LogP contribution is -2.54. The van der Waals surface area contributed by atoms with E-state index in [2.05, 4.69) is 86.9 Å². The maximum Gasteiger partial charge on any atom is 0.0135 e. The van der Waals surface area contributed by atoms with Crippen molar-refractivity contribution in [3.8, 4) is 0 Å². The summed E-state index contributed by atoms with van der Waals surface area (Å²) in [4.78, 5) is 0. The summed E-state index contributed by atoms with van der Waals surface area (Å²) in [6, 6.07) is 0. The first-order valence-corrected chi connectivity index (χ1v) is 8.58. The normalized spacial score (nSPS) is 14.9. The van der Waals surface area contributed by atoms with Crippen molar-refractivity contribution in [1.29, 1.82) is 0 Å². The summed E-state index contributed by atoms with van der Waals surface area (Å²) in [6.07, 6.45) is 3.55. The highest BCUT2D eigenvalue weighted by molar-refractivity contribution is 4.94. The third-order valence-corrected chi connectivity index (χ3v) is 4.11. The van der Waals surface area contributed by atoms with E-state index >= 15 is 0 Å². The van der Waals surface area contributed by atoms with E-state index in [0.29, 0.717) is 5.41 Å². The van der Waals surface area contributed by atoms with Crippen LogP contribution < -0.4 is 10.6 Å². The van der Waals surface area contributed by atoms with Gasteiger partial charge in [0, 0.05) is 16.6 Å². The van der Waals surface area contributed by atoms with E-state index in [4.69, 9.17) is 0 Å². The topological polar surface area (TPSA) is 24.1 Å². The molecule has 2 heteroatoms. The molecule has 0 aromatic rings. The highest BCUT2D eigenvalue weighted by Gasteiger charge is 2.36. The zero-order valence-corrected chi connectivity index (χ0v) is 16.7. The van der Waals surface area contributed by atoms with Crippen LogP contribution in [0, 0.1) is 11.3 Å². The summed E-state index contributed by atoms with van der Waals surface area (Å²) in [5.74, 6) is 0.722. The van der Waals surface area contributed by atoms with Gasteiger partial charge in [-0.05, 0) is 79.2 Å². The predicted molar refractivity (Wildman–Crippen MR) is 96.9 cm³/mol. The van der Waals surface area contributed by atoms with E-state index in [1.54, 1.807) is 0 Å². The maximum absolute atomic E-state index is 3.90. The van der Waals surface area contributed by atoms with Crippen LogP contribution in [-0.4, -0.2) is 23.7 Å². The summed E-state index contributed by atoms with van der Waals surface area (Å²) in [6.45, 7) is 23.3. The van der Waals surface area contributed by atoms with E-state index in [-0.39, 0.29) is 16.6 Å². The van der Waals surface area contributed by atoms with Crippen LogP contribution in [-0.2, 0) is 0 Å². The van der Waals surface area contributed by atoms with Gasteiger partial charge in [0.05, 0.1) is 0 Å². The number of hydrogen-bond acceptors (Lipinski definition) is 2. The second-order valence-corrected chi connectivity index (χ2v) is 10.1. The van der Waals surface area contributed by atoms with Crippen LogP contribution in [0.2, 0.25) is 0 Å². The molecule has 0 bridgehead atoms. The first-order valence-electron chi connectivity index (χ1n) is 8.58. The Hall–Kier alpha value is -0.0800. The van der Waals surface area contributed by atoms with Crippen molar-refractivity contribution < 1.29 is 0 Å². The molecule has 0 aromatic heterocycles. The molecule has 0 aliphatic carbocycles. The van der Waals surface area contributed by atoms with Crippen molar-refractivity contribution >= 4 is 0 Å². The van der Waals surface area contributed by atoms with Crippen molar-refractivity contribution in [2.45, 2.75) is 105 Å². The second kappa shape index (κ2) is 7.00. The van der Waals surface area contributed by atoms with Gasteiger partial charge in [0.25, 0.3) is 0 Å². The smallest absolute Gasteiger partial charge is 0.0135 e. The monoisotopic (exact) mass is 298 g/mol. The van der Waals surface area contributed by atoms with Crippen molar-refractivity contribution in [3.05, 3.63) is 0 Å². The Morgan fingerprint density at radius 1 is 0.714 bits per heavy atom. The number of nitrogens with one attached hydrogen (secondary N) is 2. The molecule has 0 fully saturated rings. The number of hydrogen-bond donors (Lipinski definition) is 2. The van der Waals surface area contributed by atoms with Gasteiger partial charge < -0.3 is 10.6 Å². The predicted octanol–water partition coefficient (Wildman–Crippen LogP) is 4.98. The zero-order valence-electron chi connectivity index (χ0n) is 16.7. The van der Waals surface area contributed by atoms with Crippen LogP contribution in [0.15, 0.2) is 0 Å². The minimum absolute atomic E-state index is 0.145. The quantitative estimate of drug-likeness (QED) is 0.627. The fourth-order valence-electron chi connectivity index (χ4n) is 4.58.